The number of fused-ring (bicyclic) bond motifs is 2. The van der Waals surface area contributed by atoms with Gasteiger partial charge in [-0.05, 0) is 40.1 Å². The van der Waals surface area contributed by atoms with Gasteiger partial charge in [-0.2, -0.15) is 0 Å². The number of hydrogen-bond acceptors (Lipinski definition) is 0. The third-order valence-corrected chi connectivity index (χ3v) is 2.90. The molecule has 0 N–H and O–H groups in total. The van der Waals surface area contributed by atoms with E-state index in [-0.39, 0.29) is 0 Å². The Hall–Kier alpha value is -2.08. The van der Waals surface area contributed by atoms with Gasteiger partial charge in [-0.15, -0.1) is 6.58 Å². The Bertz CT molecular complexity index is 545. The van der Waals surface area contributed by atoms with E-state index < -0.39 is 0 Å². The van der Waals surface area contributed by atoms with Crippen LogP contribution in [0.15, 0.2) is 73.3 Å². The van der Waals surface area contributed by atoms with Crippen molar-refractivity contribution in [2.75, 3.05) is 0 Å². The fraction of sp³-hybridized carbons (Fsp3) is 0.111. The molecular formula is C18H18. The molecule has 0 bridgehead atoms. The maximum Gasteiger partial charge on any atom is -0.0178 e. The largest absolute Gasteiger partial charge is 0.103 e. The van der Waals surface area contributed by atoms with Gasteiger partial charge >= 0.3 is 0 Å². The SMILES string of the molecule is C=CCC.c1ccc2cc3ccccc3cc2c1. The molecule has 0 saturated heterocycles. The van der Waals surface area contributed by atoms with Crippen molar-refractivity contribution >= 4 is 21.5 Å². The monoisotopic (exact) mass is 234 g/mol. The minimum Gasteiger partial charge on any atom is -0.103 e. The molecule has 18 heavy (non-hydrogen) atoms. The Labute approximate surface area is 109 Å². The minimum atomic E-state index is 1.08. The van der Waals surface area contributed by atoms with Crippen molar-refractivity contribution in [1.82, 2.24) is 0 Å². The Balaban J connectivity index is 0.000000267. The van der Waals surface area contributed by atoms with Crippen molar-refractivity contribution in [3.05, 3.63) is 73.3 Å². The molecule has 0 heteroatoms. The van der Waals surface area contributed by atoms with Crippen LogP contribution in [0.5, 0.6) is 0 Å². The van der Waals surface area contributed by atoms with Crippen LogP contribution in [-0.2, 0) is 0 Å². The van der Waals surface area contributed by atoms with Crippen LogP contribution < -0.4 is 0 Å². The van der Waals surface area contributed by atoms with Crippen molar-refractivity contribution in [2.24, 2.45) is 0 Å². The van der Waals surface area contributed by atoms with Gasteiger partial charge in [0.1, 0.15) is 0 Å². The van der Waals surface area contributed by atoms with E-state index in [4.69, 9.17) is 0 Å². The molecule has 0 aliphatic rings. The van der Waals surface area contributed by atoms with Crippen molar-refractivity contribution < 1.29 is 0 Å². The molecule has 0 fully saturated rings. The quantitative estimate of drug-likeness (QED) is 0.381. The highest BCUT2D eigenvalue weighted by Crippen LogP contribution is 2.21. The van der Waals surface area contributed by atoms with Gasteiger partial charge in [0.05, 0.1) is 0 Å². The Morgan fingerprint density at radius 2 is 1.06 bits per heavy atom. The van der Waals surface area contributed by atoms with Crippen molar-refractivity contribution in [3.8, 4) is 0 Å². The van der Waals surface area contributed by atoms with Gasteiger partial charge < -0.3 is 0 Å². The average Bonchev–Trinajstić information content (AvgIpc) is 2.45. The summed E-state index contributed by atoms with van der Waals surface area (Å²) < 4.78 is 0. The summed E-state index contributed by atoms with van der Waals surface area (Å²) in [5, 5.41) is 5.25. The molecule has 0 heterocycles. The lowest BCUT2D eigenvalue weighted by atomic mass is 10.0. The maximum atomic E-state index is 3.48. The number of benzene rings is 3. The van der Waals surface area contributed by atoms with Crippen molar-refractivity contribution in [2.45, 2.75) is 13.3 Å². The highest BCUT2D eigenvalue weighted by atomic mass is 14.0. The van der Waals surface area contributed by atoms with E-state index in [1.165, 1.54) is 21.5 Å². The summed E-state index contributed by atoms with van der Waals surface area (Å²) in [6.07, 6.45) is 2.96. The molecule has 0 nitrogen and oxygen atoms in total. The molecule has 0 radical (unpaired) electrons. The third-order valence-electron chi connectivity index (χ3n) is 2.90. The lowest BCUT2D eigenvalue weighted by molar-refractivity contribution is 1.23. The van der Waals surface area contributed by atoms with Gasteiger partial charge in [0, 0.05) is 0 Å². The van der Waals surface area contributed by atoms with Crippen LogP contribution in [0.3, 0.4) is 0 Å². The van der Waals surface area contributed by atoms with E-state index in [2.05, 4.69) is 74.2 Å². The molecule has 90 valence electrons. The molecule has 0 unspecified atom stereocenters. The fourth-order valence-corrected chi connectivity index (χ4v) is 1.88. The summed E-state index contributed by atoms with van der Waals surface area (Å²) in [4.78, 5) is 0. The zero-order valence-corrected chi connectivity index (χ0v) is 10.8. The summed E-state index contributed by atoms with van der Waals surface area (Å²) >= 11 is 0. The Morgan fingerprint density at radius 1 is 0.778 bits per heavy atom. The topological polar surface area (TPSA) is 0 Å². The van der Waals surface area contributed by atoms with Crippen LogP contribution in [0.25, 0.3) is 21.5 Å². The smallest absolute Gasteiger partial charge is 0.0178 e. The third kappa shape index (κ3) is 2.78. The molecule has 0 saturated carbocycles. The zero-order valence-electron chi connectivity index (χ0n) is 10.8. The number of rotatable bonds is 1. The molecule has 0 aliphatic carbocycles. The van der Waals surface area contributed by atoms with E-state index in [1.807, 2.05) is 6.08 Å². The van der Waals surface area contributed by atoms with Crippen LogP contribution in [0, 0.1) is 0 Å². The zero-order chi connectivity index (χ0) is 12.8. The summed E-state index contributed by atoms with van der Waals surface area (Å²) in [6, 6.07) is 21.4. The molecule has 0 atom stereocenters. The predicted molar refractivity (Wildman–Crippen MR) is 81.9 cm³/mol. The van der Waals surface area contributed by atoms with Gasteiger partial charge in [-0.25, -0.2) is 0 Å². The van der Waals surface area contributed by atoms with Crippen molar-refractivity contribution in [3.63, 3.8) is 0 Å². The molecule has 0 aromatic heterocycles. The van der Waals surface area contributed by atoms with E-state index >= 15 is 0 Å². The minimum absolute atomic E-state index is 1.08. The molecule has 0 aliphatic heterocycles. The van der Waals surface area contributed by atoms with Gasteiger partial charge in [-0.3, -0.25) is 0 Å². The van der Waals surface area contributed by atoms with Gasteiger partial charge in [0.2, 0.25) is 0 Å². The van der Waals surface area contributed by atoms with Crippen molar-refractivity contribution in [1.29, 1.82) is 0 Å². The number of hydrogen-bond donors (Lipinski definition) is 0. The lowest BCUT2D eigenvalue weighted by Crippen LogP contribution is -1.74. The maximum absolute atomic E-state index is 3.48. The van der Waals surface area contributed by atoms with Crippen LogP contribution >= 0.6 is 0 Å². The summed E-state index contributed by atoms with van der Waals surface area (Å²) in [6.45, 7) is 5.54. The Kier molecular flexibility index (Phi) is 4.14. The van der Waals surface area contributed by atoms with Gasteiger partial charge in [0.25, 0.3) is 0 Å². The van der Waals surface area contributed by atoms with E-state index in [1.54, 1.807) is 0 Å². The Morgan fingerprint density at radius 3 is 1.28 bits per heavy atom. The first-order valence-corrected chi connectivity index (χ1v) is 6.33. The second kappa shape index (κ2) is 6.02. The molecular weight excluding hydrogens is 216 g/mol. The first kappa shape index (κ1) is 12.4. The molecule has 0 spiro atoms. The highest BCUT2D eigenvalue weighted by molar-refractivity contribution is 5.98. The van der Waals surface area contributed by atoms with E-state index in [0.29, 0.717) is 0 Å². The second-order valence-electron chi connectivity index (χ2n) is 4.24. The van der Waals surface area contributed by atoms with Crippen LogP contribution in [0.2, 0.25) is 0 Å². The van der Waals surface area contributed by atoms with E-state index in [9.17, 15) is 0 Å². The lowest BCUT2D eigenvalue weighted by Gasteiger charge is -2.00. The van der Waals surface area contributed by atoms with Crippen LogP contribution in [0.1, 0.15) is 13.3 Å². The fourth-order valence-electron chi connectivity index (χ4n) is 1.88. The summed E-state index contributed by atoms with van der Waals surface area (Å²) in [7, 11) is 0. The molecule has 3 aromatic carbocycles. The number of allylic oxidation sites excluding steroid dienone is 1. The van der Waals surface area contributed by atoms with Gasteiger partial charge in [-0.1, -0.05) is 61.5 Å². The van der Waals surface area contributed by atoms with E-state index in [0.717, 1.165) is 6.42 Å². The summed E-state index contributed by atoms with van der Waals surface area (Å²) in [5.74, 6) is 0. The summed E-state index contributed by atoms with van der Waals surface area (Å²) in [5.41, 5.74) is 0. The molecule has 3 aromatic rings. The van der Waals surface area contributed by atoms with Crippen LogP contribution in [-0.4, -0.2) is 0 Å². The predicted octanol–water partition coefficient (Wildman–Crippen LogP) is 5.58. The van der Waals surface area contributed by atoms with Crippen LogP contribution in [0.4, 0.5) is 0 Å². The second-order valence-corrected chi connectivity index (χ2v) is 4.24. The molecule has 3 rings (SSSR count). The highest BCUT2D eigenvalue weighted by Gasteiger charge is 1.95. The molecule has 0 amide bonds. The average molecular weight is 234 g/mol. The van der Waals surface area contributed by atoms with Gasteiger partial charge in [0.15, 0.2) is 0 Å². The first-order valence-electron chi connectivity index (χ1n) is 6.33. The normalized spacial score (nSPS) is 9.83. The first-order chi connectivity index (χ1) is 8.85. The standard InChI is InChI=1S/C14H10.C4H8/c1-2-6-12-10-14-8-4-3-7-13(14)9-11(12)5-1;1-3-4-2/h1-10H;3H,1,4H2,2H3.